The average Bonchev–Trinajstić information content (AvgIpc) is 3.52. The molecule has 1 spiro atoms. The maximum absolute atomic E-state index is 12.5. The zero-order chi connectivity index (χ0) is 22.8. The van der Waals surface area contributed by atoms with Crippen LogP contribution in [-0.2, 0) is 25.7 Å². The molecule has 0 unspecified atom stereocenters. The normalized spacial score (nSPS) is 22.2. The van der Waals surface area contributed by atoms with E-state index in [-0.39, 0.29) is 37.0 Å². The van der Waals surface area contributed by atoms with E-state index in [0.717, 1.165) is 44.1 Å². The van der Waals surface area contributed by atoms with Crippen molar-refractivity contribution >= 4 is 23.9 Å². The second-order valence-electron chi connectivity index (χ2n) is 8.29. The number of carbonyl (C=O) groups is 3. The number of ether oxygens (including phenoxy) is 2. The Hall–Kier alpha value is -3.16. The zero-order valence-corrected chi connectivity index (χ0v) is 18.5. The predicted octanol–water partition coefficient (Wildman–Crippen LogP) is 3.71. The Morgan fingerprint density at radius 2 is 1.88 bits per heavy atom. The van der Waals surface area contributed by atoms with E-state index < -0.39 is 12.1 Å². The molecule has 3 rings (SSSR count). The molecule has 0 aromatic heterocycles. The quantitative estimate of drug-likeness (QED) is 0.555. The van der Waals surface area contributed by atoms with Crippen molar-refractivity contribution in [3.8, 4) is 0 Å². The predicted molar refractivity (Wildman–Crippen MR) is 120 cm³/mol. The van der Waals surface area contributed by atoms with E-state index in [9.17, 15) is 14.4 Å². The fraction of sp³-hybridized carbons (Fsp3) is 0.500. The van der Waals surface area contributed by atoms with Crippen molar-refractivity contribution in [2.24, 2.45) is 4.99 Å². The third-order valence-electron chi connectivity index (χ3n) is 5.48. The summed E-state index contributed by atoms with van der Waals surface area (Å²) in [5, 5.41) is 2.63. The van der Waals surface area contributed by atoms with Gasteiger partial charge in [-0.15, -0.1) is 4.99 Å². The number of likely N-dealkylation sites (N-methyl/N-ethyl adjacent to an activating group) is 1. The summed E-state index contributed by atoms with van der Waals surface area (Å²) in [6.45, 7) is -0.0732. The van der Waals surface area contributed by atoms with Crippen molar-refractivity contribution in [3.63, 3.8) is 0 Å². The van der Waals surface area contributed by atoms with Crippen molar-refractivity contribution in [1.29, 1.82) is 0 Å². The molecular formula is C24H31N3O5. The largest absolute Gasteiger partial charge is 0.458 e. The van der Waals surface area contributed by atoms with Gasteiger partial charge in [0, 0.05) is 13.5 Å². The lowest BCUT2D eigenvalue weighted by atomic mass is 10.1. The molecule has 1 saturated carbocycles. The van der Waals surface area contributed by atoms with Gasteiger partial charge in [0.15, 0.2) is 0 Å². The van der Waals surface area contributed by atoms with Crippen LogP contribution in [0.15, 0.2) is 47.5 Å². The van der Waals surface area contributed by atoms with Gasteiger partial charge in [-0.3, -0.25) is 14.9 Å². The number of nitrogens with zero attached hydrogens (tertiary/aromatic N) is 2. The fourth-order valence-electron chi connectivity index (χ4n) is 3.48. The lowest BCUT2D eigenvalue weighted by Crippen LogP contribution is -2.45. The average molecular weight is 442 g/mol. The highest BCUT2D eigenvalue weighted by atomic mass is 16.6. The first-order valence-electron chi connectivity index (χ1n) is 11.1. The SMILES string of the molecule is CN1CC(=O)OC2(CCCC/C=C/CCC(=O)NC1=NC(=O)OCc1ccccc1)CC2. The van der Waals surface area contributed by atoms with E-state index in [1.807, 2.05) is 36.4 Å². The van der Waals surface area contributed by atoms with Gasteiger partial charge in [-0.2, -0.15) is 0 Å². The van der Waals surface area contributed by atoms with Crippen LogP contribution in [0.2, 0.25) is 0 Å². The van der Waals surface area contributed by atoms with Crippen molar-refractivity contribution < 1.29 is 23.9 Å². The molecule has 1 aliphatic carbocycles. The molecule has 1 aromatic carbocycles. The molecule has 32 heavy (non-hydrogen) atoms. The number of hydrogen-bond acceptors (Lipinski definition) is 5. The van der Waals surface area contributed by atoms with E-state index in [1.165, 1.54) is 4.90 Å². The molecule has 1 N–H and O–H groups in total. The lowest BCUT2D eigenvalue weighted by Gasteiger charge is -2.23. The highest BCUT2D eigenvalue weighted by molar-refractivity contribution is 6.01. The van der Waals surface area contributed by atoms with Crippen LogP contribution in [0.1, 0.15) is 56.9 Å². The number of allylic oxidation sites excluding steroid dienone is 2. The third kappa shape index (κ3) is 7.83. The molecule has 8 heteroatoms. The van der Waals surface area contributed by atoms with Crippen LogP contribution in [-0.4, -0.2) is 48.0 Å². The standard InChI is InChI=1S/C24H31N3O5/c1-27-17-21(29)32-24(15-16-24)14-10-5-3-2-4-9-13-20(28)25-22(27)26-23(30)31-18-19-11-7-6-8-12-19/h2,4,6-8,11-12H,3,5,9-10,13-18H2,1H3,(H,25,26,28,30)/b4-2+. The number of carbonyl (C=O) groups excluding carboxylic acids is 3. The first-order chi connectivity index (χ1) is 15.5. The summed E-state index contributed by atoms with van der Waals surface area (Å²) < 4.78 is 10.9. The topological polar surface area (TPSA) is 97.3 Å². The Labute approximate surface area is 188 Å². The summed E-state index contributed by atoms with van der Waals surface area (Å²) in [6.07, 6.45) is 9.63. The number of aliphatic imine (C=N–C) groups is 1. The zero-order valence-electron chi connectivity index (χ0n) is 18.5. The van der Waals surface area contributed by atoms with E-state index in [1.54, 1.807) is 7.05 Å². The molecule has 0 bridgehead atoms. The highest BCUT2D eigenvalue weighted by Gasteiger charge is 2.46. The maximum atomic E-state index is 12.5. The number of guanidine groups is 1. The first kappa shape index (κ1) is 23.5. The van der Waals surface area contributed by atoms with Gasteiger partial charge < -0.3 is 14.4 Å². The second-order valence-corrected chi connectivity index (χ2v) is 8.29. The van der Waals surface area contributed by atoms with E-state index in [0.29, 0.717) is 6.42 Å². The molecule has 1 aromatic rings. The number of benzene rings is 1. The number of amides is 2. The van der Waals surface area contributed by atoms with Gasteiger partial charge in [-0.05, 0) is 50.5 Å². The van der Waals surface area contributed by atoms with Crippen LogP contribution in [0.25, 0.3) is 0 Å². The Bertz CT molecular complexity index is 862. The van der Waals surface area contributed by atoms with Gasteiger partial charge in [0.2, 0.25) is 11.9 Å². The molecule has 0 saturated heterocycles. The number of hydrogen-bond donors (Lipinski definition) is 1. The van der Waals surface area contributed by atoms with E-state index >= 15 is 0 Å². The van der Waals surface area contributed by atoms with Gasteiger partial charge in [-0.25, -0.2) is 4.79 Å². The molecule has 172 valence electrons. The number of rotatable bonds is 2. The van der Waals surface area contributed by atoms with Crippen LogP contribution in [0, 0.1) is 0 Å². The van der Waals surface area contributed by atoms with Gasteiger partial charge in [-0.1, -0.05) is 42.5 Å². The Kier molecular flexibility index (Phi) is 8.41. The summed E-state index contributed by atoms with van der Waals surface area (Å²) in [7, 11) is 1.58. The monoisotopic (exact) mass is 441 g/mol. The van der Waals surface area contributed by atoms with E-state index in [4.69, 9.17) is 9.47 Å². The molecule has 1 heterocycles. The minimum atomic E-state index is -0.850. The summed E-state index contributed by atoms with van der Waals surface area (Å²) in [4.78, 5) is 42.4. The molecule has 0 atom stereocenters. The minimum absolute atomic E-state index is 0.0362. The smallest absolute Gasteiger partial charge is 0.437 e. The highest BCUT2D eigenvalue weighted by Crippen LogP contribution is 2.44. The summed E-state index contributed by atoms with van der Waals surface area (Å²) >= 11 is 0. The van der Waals surface area contributed by atoms with Gasteiger partial charge in [0.1, 0.15) is 18.8 Å². The molecule has 0 radical (unpaired) electrons. The molecular weight excluding hydrogens is 410 g/mol. The van der Waals surface area contributed by atoms with Crippen LogP contribution in [0.3, 0.4) is 0 Å². The summed E-state index contributed by atoms with van der Waals surface area (Å²) in [5.41, 5.74) is 0.468. The van der Waals surface area contributed by atoms with Crippen LogP contribution < -0.4 is 5.32 Å². The molecule has 1 fully saturated rings. The Balaban J connectivity index is 1.68. The summed E-state index contributed by atoms with van der Waals surface area (Å²) in [6, 6.07) is 9.22. The van der Waals surface area contributed by atoms with Crippen molar-refractivity contribution in [1.82, 2.24) is 10.2 Å². The van der Waals surface area contributed by atoms with Gasteiger partial charge in [0.05, 0.1) is 0 Å². The van der Waals surface area contributed by atoms with Gasteiger partial charge >= 0.3 is 12.1 Å². The van der Waals surface area contributed by atoms with Crippen molar-refractivity contribution in [2.45, 2.75) is 63.6 Å². The van der Waals surface area contributed by atoms with Crippen molar-refractivity contribution in [3.05, 3.63) is 48.0 Å². The third-order valence-corrected chi connectivity index (χ3v) is 5.48. The molecule has 2 amide bonds. The fourth-order valence-corrected chi connectivity index (χ4v) is 3.48. The first-order valence-corrected chi connectivity index (χ1v) is 11.1. The summed E-state index contributed by atoms with van der Waals surface area (Å²) in [5.74, 6) is -0.738. The van der Waals surface area contributed by atoms with Crippen molar-refractivity contribution in [2.75, 3.05) is 13.6 Å². The maximum Gasteiger partial charge on any atom is 0.437 e. The van der Waals surface area contributed by atoms with Crippen LogP contribution >= 0.6 is 0 Å². The molecule has 1 aliphatic heterocycles. The minimum Gasteiger partial charge on any atom is -0.458 e. The number of esters is 1. The Morgan fingerprint density at radius 1 is 1.12 bits per heavy atom. The Morgan fingerprint density at radius 3 is 2.62 bits per heavy atom. The second kappa shape index (κ2) is 11.5. The molecule has 2 aliphatic rings. The van der Waals surface area contributed by atoms with Crippen LogP contribution in [0.5, 0.6) is 0 Å². The molecule has 8 nitrogen and oxygen atoms in total. The lowest BCUT2D eigenvalue weighted by molar-refractivity contribution is -0.151. The van der Waals surface area contributed by atoms with Crippen LogP contribution in [0.4, 0.5) is 4.79 Å². The number of nitrogens with one attached hydrogen (secondary N) is 1. The van der Waals surface area contributed by atoms with Gasteiger partial charge in [0.25, 0.3) is 0 Å². The van der Waals surface area contributed by atoms with E-state index in [2.05, 4.69) is 16.4 Å².